The number of aryl methyl sites for hydroxylation is 1. The number of ether oxygens (including phenoxy) is 2. The number of nitrogens with zero attached hydrogens (tertiary/aromatic N) is 1. The van der Waals surface area contributed by atoms with E-state index in [-0.39, 0.29) is 12.5 Å². The van der Waals surface area contributed by atoms with Gasteiger partial charge in [-0.25, -0.2) is 0 Å². The van der Waals surface area contributed by atoms with Crippen molar-refractivity contribution < 1.29 is 19.1 Å². The number of benzene rings is 2. The van der Waals surface area contributed by atoms with Gasteiger partial charge in [0.25, 0.3) is 0 Å². The maximum Gasteiger partial charge on any atom is 0.326 e. The average molecular weight is 608 g/mol. The van der Waals surface area contributed by atoms with E-state index >= 15 is 0 Å². The summed E-state index contributed by atoms with van der Waals surface area (Å²) >= 11 is 0. The van der Waals surface area contributed by atoms with Gasteiger partial charge in [0, 0.05) is 12.1 Å². The maximum absolute atomic E-state index is 13.2. The van der Waals surface area contributed by atoms with E-state index in [1.54, 1.807) is 0 Å². The lowest BCUT2D eigenvalue weighted by Gasteiger charge is -2.25. The first-order valence-corrected chi connectivity index (χ1v) is 17.6. The van der Waals surface area contributed by atoms with Crippen molar-refractivity contribution in [2.75, 3.05) is 18.1 Å². The summed E-state index contributed by atoms with van der Waals surface area (Å²) in [6.45, 7) is 8.40. The van der Waals surface area contributed by atoms with Crippen molar-refractivity contribution >= 4 is 17.6 Å². The third-order valence-corrected chi connectivity index (χ3v) is 7.89. The normalized spacial score (nSPS) is 11.4. The van der Waals surface area contributed by atoms with Crippen molar-refractivity contribution in [2.45, 2.75) is 149 Å². The monoisotopic (exact) mass is 607 g/mol. The zero-order valence-electron chi connectivity index (χ0n) is 28.4. The molecular formula is C39H61NO4. The fourth-order valence-electron chi connectivity index (χ4n) is 5.41. The molecule has 5 heteroatoms. The van der Waals surface area contributed by atoms with Gasteiger partial charge in [0.05, 0.1) is 6.61 Å². The Morgan fingerprint density at radius 3 is 1.66 bits per heavy atom. The highest BCUT2D eigenvalue weighted by atomic mass is 16.6. The van der Waals surface area contributed by atoms with Gasteiger partial charge in [-0.3, -0.25) is 9.59 Å². The largest absolute Gasteiger partial charge is 0.494 e. The molecular weight excluding hydrogens is 546 g/mol. The van der Waals surface area contributed by atoms with Crippen molar-refractivity contribution in [3.63, 3.8) is 0 Å². The molecule has 246 valence electrons. The van der Waals surface area contributed by atoms with Crippen molar-refractivity contribution in [3.05, 3.63) is 60.2 Å². The van der Waals surface area contributed by atoms with E-state index in [1.807, 2.05) is 75.4 Å². The molecule has 0 bridgehead atoms. The molecule has 0 saturated carbocycles. The Kier molecular flexibility index (Phi) is 19.2. The van der Waals surface area contributed by atoms with E-state index in [1.165, 1.54) is 101 Å². The standard InChI is InChI=1S/C39H61NO4/c1-5-6-7-8-9-10-11-12-13-14-15-16-17-18-19-23-32-43-36-29-26-34(27-30-36)28-31-37(41)40(35-24-21-20-22-25-35)33-38(42)44-39(2,3)4/h20-22,24-27,29-30H,5-19,23,28,31-33H2,1-4H3. The number of unbranched alkanes of at least 4 members (excludes halogenated alkanes) is 15. The Morgan fingerprint density at radius 1 is 0.659 bits per heavy atom. The molecule has 0 spiro atoms. The summed E-state index contributed by atoms with van der Waals surface area (Å²) in [5.41, 5.74) is 1.16. The van der Waals surface area contributed by atoms with Crippen LogP contribution in [0.2, 0.25) is 0 Å². The van der Waals surface area contributed by atoms with Crippen LogP contribution >= 0.6 is 0 Å². The first-order valence-electron chi connectivity index (χ1n) is 17.6. The van der Waals surface area contributed by atoms with Gasteiger partial charge in [0.1, 0.15) is 17.9 Å². The minimum absolute atomic E-state index is 0.105. The third-order valence-electron chi connectivity index (χ3n) is 7.89. The van der Waals surface area contributed by atoms with E-state index in [4.69, 9.17) is 9.47 Å². The number of hydrogen-bond acceptors (Lipinski definition) is 4. The highest BCUT2D eigenvalue weighted by Crippen LogP contribution is 2.19. The van der Waals surface area contributed by atoms with Crippen molar-refractivity contribution in [1.82, 2.24) is 0 Å². The predicted octanol–water partition coefficient (Wildman–Crippen LogP) is 10.6. The molecule has 0 radical (unpaired) electrons. The zero-order chi connectivity index (χ0) is 31.9. The molecule has 0 aromatic heterocycles. The van der Waals surface area contributed by atoms with Crippen LogP contribution in [0.3, 0.4) is 0 Å². The SMILES string of the molecule is CCCCCCCCCCCCCCCCCCOc1ccc(CCC(=O)N(CC(=O)OC(C)(C)C)c2ccccc2)cc1. The molecule has 0 N–H and O–H groups in total. The second-order valence-electron chi connectivity index (χ2n) is 13.2. The summed E-state index contributed by atoms with van der Waals surface area (Å²) < 4.78 is 11.4. The Hall–Kier alpha value is -2.82. The first-order chi connectivity index (χ1) is 21.3. The van der Waals surface area contributed by atoms with Crippen LogP contribution in [0.5, 0.6) is 5.75 Å². The summed E-state index contributed by atoms with van der Waals surface area (Å²) in [5.74, 6) is 0.350. The highest BCUT2D eigenvalue weighted by molar-refractivity contribution is 5.97. The minimum Gasteiger partial charge on any atom is -0.494 e. The lowest BCUT2D eigenvalue weighted by atomic mass is 10.0. The molecule has 44 heavy (non-hydrogen) atoms. The molecule has 5 nitrogen and oxygen atoms in total. The van der Waals surface area contributed by atoms with E-state index in [0.29, 0.717) is 18.5 Å². The van der Waals surface area contributed by atoms with Gasteiger partial charge in [-0.1, -0.05) is 134 Å². The number of hydrogen-bond donors (Lipinski definition) is 0. The zero-order valence-corrected chi connectivity index (χ0v) is 28.4. The molecule has 0 unspecified atom stereocenters. The minimum atomic E-state index is -0.599. The number of anilines is 1. The van der Waals surface area contributed by atoms with Crippen LogP contribution in [0.25, 0.3) is 0 Å². The van der Waals surface area contributed by atoms with Gasteiger partial charge >= 0.3 is 5.97 Å². The van der Waals surface area contributed by atoms with E-state index in [9.17, 15) is 9.59 Å². The van der Waals surface area contributed by atoms with Gasteiger partial charge in [0.2, 0.25) is 5.91 Å². The smallest absolute Gasteiger partial charge is 0.326 e. The Labute approximate surface area is 269 Å². The van der Waals surface area contributed by atoms with E-state index in [0.717, 1.165) is 24.3 Å². The van der Waals surface area contributed by atoms with Gasteiger partial charge in [-0.05, 0) is 63.4 Å². The molecule has 2 rings (SSSR count). The van der Waals surface area contributed by atoms with Crippen molar-refractivity contribution in [2.24, 2.45) is 0 Å². The van der Waals surface area contributed by atoms with Crippen LogP contribution in [0.1, 0.15) is 142 Å². The number of rotatable bonds is 24. The first kappa shape index (κ1) is 37.4. The second kappa shape index (κ2) is 22.7. The fraction of sp³-hybridized carbons (Fsp3) is 0.641. The van der Waals surface area contributed by atoms with E-state index in [2.05, 4.69) is 6.92 Å². The summed E-state index contributed by atoms with van der Waals surface area (Å²) in [4.78, 5) is 27.2. The van der Waals surface area contributed by atoms with Gasteiger partial charge in [-0.15, -0.1) is 0 Å². The summed E-state index contributed by atoms with van der Waals surface area (Å²) in [6.07, 6.45) is 22.7. The van der Waals surface area contributed by atoms with Crippen LogP contribution in [-0.2, 0) is 20.7 Å². The molecule has 0 heterocycles. The summed E-state index contributed by atoms with van der Waals surface area (Å²) in [5, 5.41) is 0. The van der Waals surface area contributed by atoms with Crippen molar-refractivity contribution in [3.8, 4) is 5.75 Å². The molecule has 0 aliphatic rings. The molecule has 0 fully saturated rings. The van der Waals surface area contributed by atoms with Gasteiger partial charge in [-0.2, -0.15) is 0 Å². The molecule has 1 amide bonds. The topological polar surface area (TPSA) is 55.8 Å². The Balaban J connectivity index is 1.56. The number of carbonyl (C=O) groups excluding carboxylic acids is 2. The number of para-hydroxylation sites is 1. The summed E-state index contributed by atoms with van der Waals surface area (Å²) in [7, 11) is 0. The number of carbonyl (C=O) groups is 2. The maximum atomic E-state index is 13.2. The predicted molar refractivity (Wildman–Crippen MR) is 184 cm³/mol. The van der Waals surface area contributed by atoms with E-state index < -0.39 is 11.6 Å². The van der Waals surface area contributed by atoms with Gasteiger partial charge < -0.3 is 14.4 Å². The lowest BCUT2D eigenvalue weighted by Crippen LogP contribution is -2.39. The lowest BCUT2D eigenvalue weighted by molar-refractivity contribution is -0.153. The van der Waals surface area contributed by atoms with Crippen LogP contribution in [0.4, 0.5) is 5.69 Å². The second-order valence-corrected chi connectivity index (χ2v) is 13.2. The molecule has 0 atom stereocenters. The Bertz CT molecular complexity index is 1010. The van der Waals surface area contributed by atoms with Crippen LogP contribution in [-0.4, -0.2) is 30.6 Å². The molecule has 2 aromatic rings. The molecule has 0 aliphatic heterocycles. The van der Waals surface area contributed by atoms with Crippen LogP contribution in [0, 0.1) is 0 Å². The third kappa shape index (κ3) is 18.1. The van der Waals surface area contributed by atoms with Crippen LogP contribution < -0.4 is 9.64 Å². The summed E-state index contributed by atoms with van der Waals surface area (Å²) in [6, 6.07) is 17.3. The van der Waals surface area contributed by atoms with Crippen LogP contribution in [0.15, 0.2) is 54.6 Å². The van der Waals surface area contributed by atoms with Gasteiger partial charge in [0.15, 0.2) is 0 Å². The molecule has 0 saturated heterocycles. The average Bonchev–Trinajstić information content (AvgIpc) is 3.00. The van der Waals surface area contributed by atoms with Crippen molar-refractivity contribution in [1.29, 1.82) is 0 Å². The quantitative estimate of drug-likeness (QED) is 0.0880. The number of esters is 1. The number of amides is 1. The molecule has 2 aromatic carbocycles. The Morgan fingerprint density at radius 2 is 1.16 bits per heavy atom. The molecule has 0 aliphatic carbocycles. The fourth-order valence-corrected chi connectivity index (χ4v) is 5.41. The highest BCUT2D eigenvalue weighted by Gasteiger charge is 2.23.